The van der Waals surface area contributed by atoms with Crippen molar-refractivity contribution in [3.05, 3.63) is 11.6 Å². The monoisotopic (exact) mass is 564 g/mol. The minimum Gasteiger partial charge on any atom is -0.393 e. The van der Waals surface area contributed by atoms with Crippen molar-refractivity contribution in [3.8, 4) is 0 Å². The van der Waals surface area contributed by atoms with Crippen LogP contribution >= 0.6 is 0 Å². The summed E-state index contributed by atoms with van der Waals surface area (Å²) in [4.78, 5) is 0. The summed E-state index contributed by atoms with van der Waals surface area (Å²) in [7, 11) is 0. The summed E-state index contributed by atoms with van der Waals surface area (Å²) in [5, 5.41) is 11.3. The highest BCUT2D eigenvalue weighted by molar-refractivity contribution is 5.04. The average molecular weight is 565 g/mol. The molecular formula is C36H59F3O. The number of fused-ring (bicyclic) bond motifs is 1. The molecule has 4 heteroatoms. The highest BCUT2D eigenvalue weighted by Crippen LogP contribution is 2.53. The van der Waals surface area contributed by atoms with Crippen LogP contribution in [0.1, 0.15) is 142 Å². The minimum atomic E-state index is -4.09. The van der Waals surface area contributed by atoms with E-state index in [1.165, 1.54) is 56.9 Å². The minimum absolute atomic E-state index is 0.124. The van der Waals surface area contributed by atoms with Crippen molar-refractivity contribution in [2.24, 2.45) is 59.2 Å². The molecule has 5 aliphatic carbocycles. The van der Waals surface area contributed by atoms with Crippen LogP contribution in [-0.4, -0.2) is 17.4 Å². The zero-order valence-electron chi connectivity index (χ0n) is 25.7. The molecule has 230 valence electrons. The molecule has 0 aliphatic heterocycles. The van der Waals surface area contributed by atoms with E-state index < -0.39 is 12.1 Å². The fraction of sp³-hybridized carbons (Fsp3) is 0.944. The Kier molecular flexibility index (Phi) is 10.7. The molecule has 10 unspecified atom stereocenters. The summed E-state index contributed by atoms with van der Waals surface area (Å²) in [6.45, 7) is 4.54. The molecule has 5 rings (SSSR count). The highest BCUT2D eigenvalue weighted by Gasteiger charge is 2.48. The van der Waals surface area contributed by atoms with E-state index in [0.717, 1.165) is 93.8 Å². The number of hydrogen-bond donors (Lipinski definition) is 1. The smallest absolute Gasteiger partial charge is 0.392 e. The van der Waals surface area contributed by atoms with Crippen molar-refractivity contribution in [2.45, 2.75) is 155 Å². The van der Waals surface area contributed by atoms with Crippen LogP contribution < -0.4 is 0 Å². The fourth-order valence-electron chi connectivity index (χ4n) is 10.7. The first kappa shape index (κ1) is 30.9. The Morgan fingerprint density at radius 3 is 2.33 bits per heavy atom. The van der Waals surface area contributed by atoms with Gasteiger partial charge in [-0.2, -0.15) is 13.2 Å². The molecule has 0 saturated heterocycles. The average Bonchev–Trinajstić information content (AvgIpc) is 3.19. The van der Waals surface area contributed by atoms with E-state index in [0.29, 0.717) is 24.7 Å². The van der Waals surface area contributed by atoms with Gasteiger partial charge in [0.1, 0.15) is 0 Å². The van der Waals surface area contributed by atoms with Gasteiger partial charge in [0, 0.05) is 0 Å². The van der Waals surface area contributed by atoms with Crippen molar-refractivity contribution < 1.29 is 18.3 Å². The second-order valence-electron chi connectivity index (χ2n) is 15.4. The molecule has 0 aromatic heterocycles. The summed E-state index contributed by atoms with van der Waals surface area (Å²) in [5.74, 6) is 3.83. The fourth-order valence-corrected chi connectivity index (χ4v) is 10.7. The molecule has 5 aliphatic rings. The van der Waals surface area contributed by atoms with Crippen molar-refractivity contribution in [1.82, 2.24) is 0 Å². The summed E-state index contributed by atoms with van der Waals surface area (Å²) in [5.41, 5.74) is 1.49. The third-order valence-electron chi connectivity index (χ3n) is 13.2. The van der Waals surface area contributed by atoms with Crippen LogP contribution in [0.2, 0.25) is 0 Å². The second kappa shape index (κ2) is 13.9. The van der Waals surface area contributed by atoms with Gasteiger partial charge in [-0.25, -0.2) is 0 Å². The quantitative estimate of drug-likeness (QED) is 0.305. The largest absolute Gasteiger partial charge is 0.393 e. The van der Waals surface area contributed by atoms with Gasteiger partial charge in [0.2, 0.25) is 0 Å². The predicted molar refractivity (Wildman–Crippen MR) is 159 cm³/mol. The van der Waals surface area contributed by atoms with Crippen LogP contribution in [0.3, 0.4) is 0 Å². The van der Waals surface area contributed by atoms with Gasteiger partial charge >= 0.3 is 6.18 Å². The number of halogens is 3. The van der Waals surface area contributed by atoms with Gasteiger partial charge in [0.05, 0.1) is 12.0 Å². The Balaban J connectivity index is 1.11. The standard InChI is InChI=1S/C36H59F3O/c1-3-25-10-12-26(13-11-25)21-29-17-14-27(22-34(29)36(37,38)39)15-20-35(40)30-16-9-24(2)33(23-30)32-19-18-28-7-5-4-6-8-31(28)32/h3,24,26-35,40H,4-23H2,1-2H3. The Hall–Kier alpha value is -0.510. The van der Waals surface area contributed by atoms with Crippen molar-refractivity contribution in [1.29, 1.82) is 0 Å². The van der Waals surface area contributed by atoms with Crippen LogP contribution in [0.5, 0.6) is 0 Å². The van der Waals surface area contributed by atoms with Gasteiger partial charge in [-0.05, 0) is 150 Å². The van der Waals surface area contributed by atoms with E-state index in [1.807, 2.05) is 0 Å². The van der Waals surface area contributed by atoms with Crippen LogP contribution in [0.25, 0.3) is 0 Å². The first-order chi connectivity index (χ1) is 19.2. The van der Waals surface area contributed by atoms with Gasteiger partial charge in [-0.15, -0.1) is 0 Å². The second-order valence-corrected chi connectivity index (χ2v) is 15.4. The molecule has 0 heterocycles. The lowest BCUT2D eigenvalue weighted by Crippen LogP contribution is -2.38. The summed E-state index contributed by atoms with van der Waals surface area (Å²) in [6.07, 6.45) is 19.7. The first-order valence-corrected chi connectivity index (χ1v) is 17.6. The number of allylic oxidation sites excluding steroid dienone is 2. The van der Waals surface area contributed by atoms with Gasteiger partial charge < -0.3 is 5.11 Å². The van der Waals surface area contributed by atoms with Gasteiger partial charge in [0.15, 0.2) is 0 Å². The molecule has 40 heavy (non-hydrogen) atoms. The molecule has 1 nitrogen and oxygen atoms in total. The summed E-state index contributed by atoms with van der Waals surface area (Å²) < 4.78 is 42.7. The number of alkyl halides is 3. The third kappa shape index (κ3) is 7.52. The summed E-state index contributed by atoms with van der Waals surface area (Å²) >= 11 is 0. The Morgan fingerprint density at radius 2 is 1.57 bits per heavy atom. The summed E-state index contributed by atoms with van der Waals surface area (Å²) in [6, 6.07) is 0. The molecule has 1 N–H and O–H groups in total. The molecule has 0 bridgehead atoms. The zero-order chi connectivity index (χ0) is 28.3. The molecule has 5 fully saturated rings. The van der Waals surface area contributed by atoms with E-state index in [2.05, 4.69) is 19.9 Å². The molecule has 5 saturated carbocycles. The van der Waals surface area contributed by atoms with E-state index in [4.69, 9.17) is 0 Å². The lowest BCUT2D eigenvalue weighted by molar-refractivity contribution is -0.203. The van der Waals surface area contributed by atoms with Crippen LogP contribution in [0.15, 0.2) is 11.6 Å². The predicted octanol–water partition coefficient (Wildman–Crippen LogP) is 10.9. The van der Waals surface area contributed by atoms with E-state index >= 15 is 0 Å². The normalized spacial score (nSPS) is 42.2. The number of hydrogen-bond acceptors (Lipinski definition) is 1. The van der Waals surface area contributed by atoms with Gasteiger partial charge in [-0.1, -0.05) is 57.1 Å². The van der Waals surface area contributed by atoms with Crippen LogP contribution in [0.4, 0.5) is 13.2 Å². The maximum absolute atomic E-state index is 14.2. The van der Waals surface area contributed by atoms with Crippen LogP contribution in [0, 0.1) is 59.2 Å². The number of rotatable bonds is 7. The van der Waals surface area contributed by atoms with Crippen molar-refractivity contribution in [3.63, 3.8) is 0 Å². The zero-order valence-corrected chi connectivity index (χ0v) is 25.7. The molecule has 0 aromatic carbocycles. The molecular weight excluding hydrogens is 505 g/mol. The van der Waals surface area contributed by atoms with E-state index in [9.17, 15) is 18.3 Å². The molecule has 0 spiro atoms. The lowest BCUT2D eigenvalue weighted by Gasteiger charge is -2.42. The highest BCUT2D eigenvalue weighted by atomic mass is 19.4. The Bertz CT molecular complexity index is 809. The van der Waals surface area contributed by atoms with Crippen molar-refractivity contribution in [2.75, 3.05) is 0 Å². The maximum atomic E-state index is 14.2. The molecule has 0 aromatic rings. The maximum Gasteiger partial charge on any atom is 0.392 e. The first-order valence-electron chi connectivity index (χ1n) is 17.6. The third-order valence-corrected chi connectivity index (χ3v) is 13.2. The number of aliphatic hydroxyl groups excluding tert-OH is 1. The van der Waals surface area contributed by atoms with E-state index in [-0.39, 0.29) is 17.9 Å². The van der Waals surface area contributed by atoms with Crippen molar-refractivity contribution >= 4 is 0 Å². The van der Waals surface area contributed by atoms with Gasteiger partial charge in [0.25, 0.3) is 0 Å². The Labute approximate surface area is 243 Å². The molecule has 10 atom stereocenters. The number of aliphatic hydroxyl groups is 1. The topological polar surface area (TPSA) is 20.2 Å². The van der Waals surface area contributed by atoms with E-state index in [1.54, 1.807) is 0 Å². The SMILES string of the molecule is CC=C1CCC(CC2CCC(CCC(O)C3CCC(C)C(C4CCC5CCCCCC54)C3)CC2C(F)(F)F)CC1. The Morgan fingerprint density at radius 1 is 0.800 bits per heavy atom. The lowest BCUT2D eigenvalue weighted by atomic mass is 9.64. The van der Waals surface area contributed by atoms with Crippen LogP contribution in [-0.2, 0) is 0 Å². The molecule has 0 amide bonds. The van der Waals surface area contributed by atoms with Gasteiger partial charge in [-0.3, -0.25) is 0 Å². The molecule has 0 radical (unpaired) electrons.